The third-order valence-corrected chi connectivity index (χ3v) is 3.77. The van der Waals surface area contributed by atoms with Crippen molar-refractivity contribution in [1.29, 1.82) is 0 Å². The minimum absolute atomic E-state index is 0.211. The van der Waals surface area contributed by atoms with E-state index in [-0.39, 0.29) is 19.0 Å². The molecule has 2 aromatic rings. The zero-order valence-electron chi connectivity index (χ0n) is 16.1. The lowest BCUT2D eigenvalue weighted by molar-refractivity contribution is -0.154. The Labute approximate surface area is 160 Å². The fourth-order valence-corrected chi connectivity index (χ4v) is 2.51. The Morgan fingerprint density at radius 1 is 0.926 bits per heavy atom. The Morgan fingerprint density at radius 2 is 1.52 bits per heavy atom. The van der Waals surface area contributed by atoms with E-state index in [9.17, 15) is 9.59 Å². The number of nitrogens with two attached hydrogens (primary N) is 1. The molecule has 0 bridgehead atoms. The van der Waals surface area contributed by atoms with Crippen molar-refractivity contribution in [2.75, 3.05) is 0 Å². The molecule has 0 fully saturated rings. The lowest BCUT2D eigenvalue weighted by atomic mass is 10.0. The SMILES string of the molecule is CC(C)(C)OC(=O)Cc1ccc(CC(N)C(=O)OCc2ccccc2)cc1. The van der Waals surface area contributed by atoms with Crippen molar-refractivity contribution in [1.82, 2.24) is 0 Å². The normalized spacial score (nSPS) is 12.3. The van der Waals surface area contributed by atoms with Crippen molar-refractivity contribution in [3.63, 3.8) is 0 Å². The topological polar surface area (TPSA) is 78.6 Å². The first-order valence-corrected chi connectivity index (χ1v) is 8.99. The molecule has 1 unspecified atom stereocenters. The summed E-state index contributed by atoms with van der Waals surface area (Å²) in [7, 11) is 0. The van der Waals surface area contributed by atoms with Gasteiger partial charge in [-0.05, 0) is 43.9 Å². The minimum Gasteiger partial charge on any atom is -0.460 e. The summed E-state index contributed by atoms with van der Waals surface area (Å²) < 4.78 is 10.6. The van der Waals surface area contributed by atoms with Crippen LogP contribution in [-0.2, 0) is 38.5 Å². The van der Waals surface area contributed by atoms with Crippen LogP contribution >= 0.6 is 0 Å². The molecule has 0 radical (unpaired) electrons. The summed E-state index contributed by atoms with van der Waals surface area (Å²) >= 11 is 0. The van der Waals surface area contributed by atoms with E-state index in [1.54, 1.807) is 0 Å². The highest BCUT2D eigenvalue weighted by Gasteiger charge is 2.18. The Bertz CT molecular complexity index is 748. The molecule has 0 saturated carbocycles. The van der Waals surface area contributed by atoms with Crippen LogP contribution in [0.3, 0.4) is 0 Å². The molecule has 0 heterocycles. The molecule has 0 aliphatic carbocycles. The number of hydrogen-bond donors (Lipinski definition) is 1. The standard InChI is InChI=1S/C22H27NO4/c1-22(2,3)27-20(24)14-17-11-9-16(10-12-17)13-19(23)21(25)26-15-18-7-5-4-6-8-18/h4-12,19H,13-15,23H2,1-3H3. The molecular weight excluding hydrogens is 342 g/mol. The smallest absolute Gasteiger partial charge is 0.323 e. The summed E-state index contributed by atoms with van der Waals surface area (Å²) in [6.07, 6.45) is 0.586. The second-order valence-electron chi connectivity index (χ2n) is 7.48. The van der Waals surface area contributed by atoms with Crippen LogP contribution in [0.2, 0.25) is 0 Å². The number of hydrogen-bond acceptors (Lipinski definition) is 5. The third kappa shape index (κ3) is 7.62. The van der Waals surface area contributed by atoms with Gasteiger partial charge >= 0.3 is 11.9 Å². The monoisotopic (exact) mass is 369 g/mol. The number of carbonyl (C=O) groups is 2. The van der Waals surface area contributed by atoms with Gasteiger partial charge in [0.15, 0.2) is 0 Å². The van der Waals surface area contributed by atoms with Crippen LogP contribution in [-0.4, -0.2) is 23.6 Å². The maximum absolute atomic E-state index is 12.1. The number of rotatable bonds is 7. The van der Waals surface area contributed by atoms with Crippen molar-refractivity contribution < 1.29 is 19.1 Å². The average Bonchev–Trinajstić information content (AvgIpc) is 2.60. The van der Waals surface area contributed by atoms with E-state index in [1.165, 1.54) is 0 Å². The van der Waals surface area contributed by atoms with Gasteiger partial charge in [0.05, 0.1) is 6.42 Å². The Hall–Kier alpha value is -2.66. The summed E-state index contributed by atoms with van der Waals surface area (Å²) in [6, 6.07) is 16.2. The fraction of sp³-hybridized carbons (Fsp3) is 0.364. The molecule has 2 N–H and O–H groups in total. The lowest BCUT2D eigenvalue weighted by Crippen LogP contribution is -2.34. The predicted molar refractivity (Wildman–Crippen MR) is 104 cm³/mol. The van der Waals surface area contributed by atoms with Gasteiger partial charge in [0, 0.05) is 0 Å². The van der Waals surface area contributed by atoms with Crippen LogP contribution in [0.25, 0.3) is 0 Å². The van der Waals surface area contributed by atoms with Gasteiger partial charge in [0.25, 0.3) is 0 Å². The van der Waals surface area contributed by atoms with Crippen molar-refractivity contribution in [2.45, 2.75) is 51.9 Å². The lowest BCUT2D eigenvalue weighted by Gasteiger charge is -2.19. The quantitative estimate of drug-likeness (QED) is 0.759. The molecule has 0 amide bonds. The van der Waals surface area contributed by atoms with Gasteiger partial charge in [-0.1, -0.05) is 54.6 Å². The summed E-state index contributed by atoms with van der Waals surface area (Å²) in [4.78, 5) is 23.9. The highest BCUT2D eigenvalue weighted by molar-refractivity contribution is 5.76. The van der Waals surface area contributed by atoms with Crippen LogP contribution in [0.5, 0.6) is 0 Å². The fourth-order valence-electron chi connectivity index (χ4n) is 2.51. The van der Waals surface area contributed by atoms with E-state index in [1.807, 2.05) is 75.4 Å². The first-order valence-electron chi connectivity index (χ1n) is 8.99. The predicted octanol–water partition coefficient (Wildman–Crippen LogP) is 3.18. The molecule has 5 nitrogen and oxygen atoms in total. The highest BCUT2D eigenvalue weighted by atomic mass is 16.6. The second-order valence-corrected chi connectivity index (χ2v) is 7.48. The maximum atomic E-state index is 12.1. The second kappa shape index (κ2) is 9.33. The summed E-state index contributed by atoms with van der Waals surface area (Å²) in [5.74, 6) is -0.701. The minimum atomic E-state index is -0.731. The molecule has 0 aliphatic rings. The Morgan fingerprint density at radius 3 is 2.11 bits per heavy atom. The van der Waals surface area contributed by atoms with Crippen molar-refractivity contribution in [3.8, 4) is 0 Å². The maximum Gasteiger partial charge on any atom is 0.323 e. The first kappa shape index (κ1) is 20.6. The molecule has 144 valence electrons. The Kier molecular flexibility index (Phi) is 7.13. The van der Waals surface area contributed by atoms with Crippen molar-refractivity contribution in [3.05, 3.63) is 71.3 Å². The van der Waals surface area contributed by atoms with Crippen molar-refractivity contribution in [2.24, 2.45) is 5.73 Å². The van der Waals surface area contributed by atoms with E-state index in [0.717, 1.165) is 16.7 Å². The average molecular weight is 369 g/mol. The molecule has 0 aliphatic heterocycles. The Balaban J connectivity index is 1.82. The first-order chi connectivity index (χ1) is 12.7. The summed E-state index contributed by atoms with van der Waals surface area (Å²) in [5.41, 5.74) is 8.14. The van der Waals surface area contributed by atoms with Gasteiger partial charge in [0.1, 0.15) is 18.2 Å². The van der Waals surface area contributed by atoms with Gasteiger partial charge in [-0.15, -0.1) is 0 Å². The van der Waals surface area contributed by atoms with Gasteiger partial charge in [0.2, 0.25) is 0 Å². The van der Waals surface area contributed by atoms with Gasteiger partial charge in [-0.3, -0.25) is 9.59 Å². The van der Waals surface area contributed by atoms with Crippen LogP contribution in [0.4, 0.5) is 0 Å². The van der Waals surface area contributed by atoms with Gasteiger partial charge in [-0.25, -0.2) is 0 Å². The van der Waals surface area contributed by atoms with E-state index in [0.29, 0.717) is 6.42 Å². The van der Waals surface area contributed by atoms with E-state index in [4.69, 9.17) is 15.2 Å². The number of esters is 2. The summed E-state index contributed by atoms with van der Waals surface area (Å²) in [6.45, 7) is 5.73. The van der Waals surface area contributed by atoms with Crippen LogP contribution in [0.1, 0.15) is 37.5 Å². The molecule has 5 heteroatoms. The van der Waals surface area contributed by atoms with Gasteiger partial charge in [-0.2, -0.15) is 0 Å². The highest BCUT2D eigenvalue weighted by Crippen LogP contribution is 2.12. The van der Waals surface area contributed by atoms with Crippen LogP contribution in [0, 0.1) is 0 Å². The van der Waals surface area contributed by atoms with E-state index in [2.05, 4.69) is 0 Å². The van der Waals surface area contributed by atoms with Crippen molar-refractivity contribution >= 4 is 11.9 Å². The molecule has 0 aromatic heterocycles. The number of ether oxygens (including phenoxy) is 2. The van der Waals surface area contributed by atoms with Crippen LogP contribution in [0.15, 0.2) is 54.6 Å². The molecular formula is C22H27NO4. The molecule has 1 atom stereocenters. The number of benzene rings is 2. The zero-order chi connectivity index (χ0) is 19.9. The van der Waals surface area contributed by atoms with E-state index >= 15 is 0 Å². The molecule has 0 spiro atoms. The molecule has 0 saturated heterocycles. The summed E-state index contributed by atoms with van der Waals surface area (Å²) in [5, 5.41) is 0. The molecule has 27 heavy (non-hydrogen) atoms. The number of carbonyl (C=O) groups excluding carboxylic acids is 2. The van der Waals surface area contributed by atoms with E-state index < -0.39 is 17.6 Å². The third-order valence-electron chi connectivity index (χ3n) is 3.77. The van der Waals surface area contributed by atoms with Gasteiger partial charge < -0.3 is 15.2 Å². The van der Waals surface area contributed by atoms with Crippen LogP contribution < -0.4 is 5.73 Å². The largest absolute Gasteiger partial charge is 0.460 e. The molecule has 2 rings (SSSR count). The molecule has 2 aromatic carbocycles. The zero-order valence-corrected chi connectivity index (χ0v) is 16.1.